The first-order chi connectivity index (χ1) is 11.8. The van der Waals surface area contributed by atoms with Crippen LogP contribution in [0.5, 0.6) is 0 Å². The van der Waals surface area contributed by atoms with Gasteiger partial charge in [0.25, 0.3) is 0 Å². The number of benzene rings is 2. The fourth-order valence-corrected chi connectivity index (χ4v) is 3.38. The van der Waals surface area contributed by atoms with E-state index in [0.717, 1.165) is 22.1 Å². The van der Waals surface area contributed by atoms with Crippen LogP contribution in [-0.2, 0) is 6.54 Å². The monoisotopic (exact) mass is 316 g/mol. The van der Waals surface area contributed by atoms with Gasteiger partial charge < -0.3 is 4.57 Å². The van der Waals surface area contributed by atoms with Crippen LogP contribution >= 0.6 is 0 Å². The smallest absolute Gasteiger partial charge is 0.123 e. The van der Waals surface area contributed by atoms with E-state index in [0.29, 0.717) is 6.54 Å². The first-order valence-corrected chi connectivity index (χ1v) is 7.76. The van der Waals surface area contributed by atoms with Crippen LogP contribution in [0.4, 0.5) is 4.39 Å². The van der Waals surface area contributed by atoms with Gasteiger partial charge in [0.05, 0.1) is 11.7 Å². The molecule has 0 saturated heterocycles. The Morgan fingerprint density at radius 3 is 2.58 bits per heavy atom. The van der Waals surface area contributed by atoms with Gasteiger partial charge in [-0.2, -0.15) is 0 Å². The molecule has 0 amide bonds. The van der Waals surface area contributed by atoms with Crippen molar-refractivity contribution in [2.75, 3.05) is 0 Å². The van der Waals surface area contributed by atoms with Crippen molar-refractivity contribution in [2.24, 2.45) is 0 Å². The molecule has 0 aliphatic heterocycles. The second-order valence-corrected chi connectivity index (χ2v) is 5.87. The van der Waals surface area contributed by atoms with E-state index in [1.54, 1.807) is 10.7 Å². The third-order valence-electron chi connectivity index (χ3n) is 4.46. The predicted octanol–water partition coefficient (Wildman–Crippen LogP) is 4.02. The molecule has 3 aromatic heterocycles. The molecule has 4 nitrogen and oxygen atoms in total. The first kappa shape index (κ1) is 13.2. The Morgan fingerprint density at radius 1 is 0.875 bits per heavy atom. The number of aromatic nitrogens is 4. The first-order valence-electron chi connectivity index (χ1n) is 7.76. The summed E-state index contributed by atoms with van der Waals surface area (Å²) in [5.74, 6) is -0.219. The molecule has 0 spiro atoms. The van der Waals surface area contributed by atoms with Crippen molar-refractivity contribution in [3.63, 3.8) is 0 Å². The van der Waals surface area contributed by atoms with Gasteiger partial charge in [0.1, 0.15) is 11.3 Å². The summed E-state index contributed by atoms with van der Waals surface area (Å²) >= 11 is 0. The van der Waals surface area contributed by atoms with E-state index in [4.69, 9.17) is 0 Å². The van der Waals surface area contributed by atoms with Gasteiger partial charge in [0, 0.05) is 29.0 Å². The molecule has 0 aliphatic rings. The number of fused-ring (bicyclic) bond motifs is 5. The van der Waals surface area contributed by atoms with E-state index in [-0.39, 0.29) is 5.82 Å². The van der Waals surface area contributed by atoms with E-state index in [2.05, 4.69) is 33.1 Å². The summed E-state index contributed by atoms with van der Waals surface area (Å²) in [6.07, 6.45) is 3.71. The molecular weight excluding hydrogens is 303 g/mol. The molecule has 0 atom stereocenters. The molecule has 5 rings (SSSR count). The van der Waals surface area contributed by atoms with Crippen LogP contribution < -0.4 is 0 Å². The molecule has 2 aromatic carbocycles. The molecule has 5 heteroatoms. The van der Waals surface area contributed by atoms with Crippen LogP contribution in [0.15, 0.2) is 67.0 Å². The zero-order chi connectivity index (χ0) is 16.1. The Labute approximate surface area is 136 Å². The van der Waals surface area contributed by atoms with E-state index in [1.807, 2.05) is 30.5 Å². The number of nitrogens with zero attached hydrogens (tertiary/aromatic N) is 4. The Bertz CT molecular complexity index is 1180. The molecule has 0 saturated carbocycles. The number of hydrogen-bond acceptors (Lipinski definition) is 2. The van der Waals surface area contributed by atoms with Crippen LogP contribution in [0.2, 0.25) is 0 Å². The molecule has 24 heavy (non-hydrogen) atoms. The van der Waals surface area contributed by atoms with Crippen molar-refractivity contribution in [1.29, 1.82) is 0 Å². The number of rotatable bonds is 2. The largest absolute Gasteiger partial charge is 0.334 e. The molecule has 0 radical (unpaired) electrons. The third kappa shape index (κ3) is 1.84. The third-order valence-corrected chi connectivity index (χ3v) is 4.46. The Morgan fingerprint density at radius 2 is 1.71 bits per heavy atom. The molecule has 0 N–H and O–H groups in total. The van der Waals surface area contributed by atoms with Gasteiger partial charge in [-0.3, -0.25) is 0 Å². The van der Waals surface area contributed by atoms with Crippen LogP contribution in [-0.4, -0.2) is 19.4 Å². The van der Waals surface area contributed by atoms with Gasteiger partial charge in [-0.1, -0.05) is 35.5 Å². The quantitative estimate of drug-likeness (QED) is 0.493. The SMILES string of the molecule is Fc1ccc(Cn2c3ccccc3c3ccn4nncc4c32)cc1. The highest BCUT2D eigenvalue weighted by molar-refractivity contribution is 6.12. The van der Waals surface area contributed by atoms with Crippen molar-refractivity contribution in [1.82, 2.24) is 19.4 Å². The van der Waals surface area contributed by atoms with Crippen molar-refractivity contribution in [3.05, 3.63) is 78.4 Å². The molecule has 0 aliphatic carbocycles. The average molecular weight is 316 g/mol. The van der Waals surface area contributed by atoms with Crippen molar-refractivity contribution in [3.8, 4) is 0 Å². The fraction of sp³-hybridized carbons (Fsp3) is 0.0526. The van der Waals surface area contributed by atoms with Crippen molar-refractivity contribution in [2.45, 2.75) is 6.54 Å². The van der Waals surface area contributed by atoms with E-state index >= 15 is 0 Å². The lowest BCUT2D eigenvalue weighted by molar-refractivity contribution is 0.626. The highest BCUT2D eigenvalue weighted by Crippen LogP contribution is 2.31. The lowest BCUT2D eigenvalue weighted by Crippen LogP contribution is -2.00. The lowest BCUT2D eigenvalue weighted by Gasteiger charge is -2.08. The zero-order valence-electron chi connectivity index (χ0n) is 12.7. The normalized spacial score (nSPS) is 11.7. The summed E-state index contributed by atoms with van der Waals surface area (Å²) in [6.45, 7) is 0.662. The summed E-state index contributed by atoms with van der Waals surface area (Å²) in [5.41, 5.74) is 4.25. The molecule has 0 unspecified atom stereocenters. The van der Waals surface area contributed by atoms with Gasteiger partial charge >= 0.3 is 0 Å². The molecule has 0 fully saturated rings. The topological polar surface area (TPSA) is 35.1 Å². The number of hydrogen-bond donors (Lipinski definition) is 0. The Kier molecular flexibility index (Phi) is 2.70. The second kappa shape index (κ2) is 4.89. The van der Waals surface area contributed by atoms with Crippen LogP contribution in [0.25, 0.3) is 27.3 Å². The maximum absolute atomic E-state index is 13.2. The fourth-order valence-electron chi connectivity index (χ4n) is 3.38. The van der Waals surface area contributed by atoms with Crippen LogP contribution in [0, 0.1) is 5.82 Å². The predicted molar refractivity (Wildman–Crippen MR) is 91.5 cm³/mol. The standard InChI is InChI=1S/C19H13FN4/c20-14-7-5-13(6-8-14)12-23-17-4-2-1-3-15(17)16-9-10-24-18(19(16)23)11-21-22-24/h1-11H,12H2. The zero-order valence-corrected chi connectivity index (χ0v) is 12.7. The van der Waals surface area contributed by atoms with Gasteiger partial charge in [-0.05, 0) is 29.8 Å². The van der Waals surface area contributed by atoms with E-state index in [1.165, 1.54) is 22.9 Å². The summed E-state index contributed by atoms with van der Waals surface area (Å²) in [4.78, 5) is 0. The highest BCUT2D eigenvalue weighted by Gasteiger charge is 2.14. The van der Waals surface area contributed by atoms with Gasteiger partial charge in [0.2, 0.25) is 0 Å². The average Bonchev–Trinajstić information content (AvgIpc) is 3.20. The van der Waals surface area contributed by atoms with E-state index in [9.17, 15) is 4.39 Å². The van der Waals surface area contributed by atoms with E-state index < -0.39 is 0 Å². The lowest BCUT2D eigenvalue weighted by atomic mass is 10.2. The Hall–Kier alpha value is -3.21. The van der Waals surface area contributed by atoms with Crippen LogP contribution in [0.3, 0.4) is 0 Å². The summed E-state index contributed by atoms with van der Waals surface area (Å²) in [6, 6.07) is 17.0. The van der Waals surface area contributed by atoms with Gasteiger partial charge in [0.15, 0.2) is 0 Å². The molecule has 0 bridgehead atoms. The number of halogens is 1. The Balaban J connectivity index is 1.86. The molecule has 5 aromatic rings. The highest BCUT2D eigenvalue weighted by atomic mass is 19.1. The molecule has 116 valence electrons. The molecule has 3 heterocycles. The number of pyridine rings is 1. The minimum atomic E-state index is -0.219. The maximum Gasteiger partial charge on any atom is 0.123 e. The maximum atomic E-state index is 13.2. The second-order valence-electron chi connectivity index (χ2n) is 5.87. The van der Waals surface area contributed by atoms with Crippen LogP contribution in [0.1, 0.15) is 5.56 Å². The van der Waals surface area contributed by atoms with Gasteiger partial charge in [-0.25, -0.2) is 8.91 Å². The summed E-state index contributed by atoms with van der Waals surface area (Å²) in [7, 11) is 0. The molecular formula is C19H13FN4. The number of para-hydroxylation sites is 1. The minimum absolute atomic E-state index is 0.219. The van der Waals surface area contributed by atoms with Crippen molar-refractivity contribution >= 4 is 27.3 Å². The van der Waals surface area contributed by atoms with Crippen molar-refractivity contribution < 1.29 is 4.39 Å². The van der Waals surface area contributed by atoms with Gasteiger partial charge in [-0.15, -0.1) is 5.10 Å². The summed E-state index contributed by atoms with van der Waals surface area (Å²) < 4.78 is 17.2. The minimum Gasteiger partial charge on any atom is -0.334 e. The summed E-state index contributed by atoms with van der Waals surface area (Å²) in [5, 5.41) is 10.5.